The van der Waals surface area contributed by atoms with Crippen molar-refractivity contribution in [3.8, 4) is 0 Å². The summed E-state index contributed by atoms with van der Waals surface area (Å²) in [7, 11) is -3.54. The minimum atomic E-state index is -3.54. The fourth-order valence-electron chi connectivity index (χ4n) is 4.10. The van der Waals surface area contributed by atoms with Gasteiger partial charge in [-0.05, 0) is 73.7 Å². The SMILES string of the molecule is [CH2]c1ccccc1N(c1ccc2c(c1)CCN2S(=O)(=O)c1ccccc1)C1CC1. The maximum atomic E-state index is 13.1. The Morgan fingerprint density at radius 2 is 1.66 bits per heavy atom. The Labute approximate surface area is 172 Å². The maximum absolute atomic E-state index is 13.1. The van der Waals surface area contributed by atoms with Crippen LogP contribution in [-0.2, 0) is 16.4 Å². The van der Waals surface area contributed by atoms with Gasteiger partial charge in [0.2, 0.25) is 0 Å². The Bertz CT molecular complexity index is 1150. The first-order valence-corrected chi connectivity index (χ1v) is 11.4. The van der Waals surface area contributed by atoms with Crippen LogP contribution in [-0.4, -0.2) is 21.0 Å². The molecule has 147 valence electrons. The molecule has 1 fully saturated rings. The van der Waals surface area contributed by atoms with E-state index in [1.54, 1.807) is 24.3 Å². The highest BCUT2D eigenvalue weighted by atomic mass is 32.2. The second-order valence-corrected chi connectivity index (χ2v) is 9.55. The van der Waals surface area contributed by atoms with E-state index in [1.807, 2.05) is 36.4 Å². The molecule has 1 heterocycles. The summed E-state index contributed by atoms with van der Waals surface area (Å²) in [5, 5.41) is 0. The normalized spacial score (nSPS) is 16.0. The molecule has 3 aromatic rings. The van der Waals surface area contributed by atoms with Crippen LogP contribution in [0.1, 0.15) is 24.0 Å². The molecule has 0 amide bonds. The Morgan fingerprint density at radius 1 is 0.931 bits per heavy atom. The maximum Gasteiger partial charge on any atom is 0.264 e. The first-order valence-electron chi connectivity index (χ1n) is 9.96. The van der Waals surface area contributed by atoms with E-state index in [0.29, 0.717) is 17.5 Å². The van der Waals surface area contributed by atoms with Gasteiger partial charge in [-0.1, -0.05) is 36.4 Å². The second kappa shape index (κ2) is 6.92. The van der Waals surface area contributed by atoms with Crippen molar-refractivity contribution in [3.05, 3.63) is 90.8 Å². The van der Waals surface area contributed by atoms with Crippen molar-refractivity contribution in [2.75, 3.05) is 15.7 Å². The molecule has 1 aliphatic heterocycles. The zero-order valence-corrected chi connectivity index (χ0v) is 17.0. The van der Waals surface area contributed by atoms with Gasteiger partial charge in [0.1, 0.15) is 0 Å². The van der Waals surface area contributed by atoms with Gasteiger partial charge in [-0.2, -0.15) is 0 Å². The van der Waals surface area contributed by atoms with Crippen LogP contribution in [0.2, 0.25) is 0 Å². The Morgan fingerprint density at radius 3 is 2.38 bits per heavy atom. The Hall–Kier alpha value is -2.79. The zero-order valence-electron chi connectivity index (χ0n) is 16.2. The van der Waals surface area contributed by atoms with Gasteiger partial charge >= 0.3 is 0 Å². The van der Waals surface area contributed by atoms with Gasteiger partial charge in [0.25, 0.3) is 10.0 Å². The summed E-state index contributed by atoms with van der Waals surface area (Å²) < 4.78 is 27.8. The molecule has 4 nitrogen and oxygen atoms in total. The predicted molar refractivity (Wildman–Crippen MR) is 117 cm³/mol. The van der Waals surface area contributed by atoms with Gasteiger partial charge in [-0.3, -0.25) is 4.31 Å². The van der Waals surface area contributed by atoms with E-state index in [9.17, 15) is 8.42 Å². The van der Waals surface area contributed by atoms with Crippen LogP contribution in [0.15, 0.2) is 77.7 Å². The molecule has 0 unspecified atom stereocenters. The Kier molecular flexibility index (Phi) is 4.36. The third kappa shape index (κ3) is 3.19. The molecule has 2 aliphatic rings. The molecule has 0 bridgehead atoms. The zero-order chi connectivity index (χ0) is 20.0. The number of hydrogen-bond acceptors (Lipinski definition) is 3. The first-order chi connectivity index (χ1) is 14.1. The third-order valence-corrected chi connectivity index (χ3v) is 7.52. The van der Waals surface area contributed by atoms with E-state index in [2.05, 4.69) is 24.0 Å². The van der Waals surface area contributed by atoms with Crippen LogP contribution < -0.4 is 9.21 Å². The number of hydrogen-bond donors (Lipinski definition) is 0. The average molecular weight is 404 g/mol. The largest absolute Gasteiger partial charge is 0.338 e. The molecule has 1 aliphatic carbocycles. The van der Waals surface area contributed by atoms with Gasteiger partial charge in [0.05, 0.1) is 10.6 Å². The molecule has 0 atom stereocenters. The second-order valence-electron chi connectivity index (χ2n) is 7.68. The van der Waals surface area contributed by atoms with E-state index in [-0.39, 0.29) is 0 Å². The number of para-hydroxylation sites is 1. The topological polar surface area (TPSA) is 40.6 Å². The number of anilines is 3. The highest BCUT2D eigenvalue weighted by Crippen LogP contribution is 2.42. The molecular formula is C24H23N2O2S. The van der Waals surface area contributed by atoms with Crippen LogP contribution >= 0.6 is 0 Å². The lowest BCUT2D eigenvalue weighted by Crippen LogP contribution is -2.29. The molecule has 0 spiro atoms. The van der Waals surface area contributed by atoms with E-state index in [0.717, 1.165) is 34.6 Å². The lowest BCUT2D eigenvalue weighted by molar-refractivity contribution is 0.592. The minimum absolute atomic E-state index is 0.336. The summed E-state index contributed by atoms with van der Waals surface area (Å²) in [6.45, 7) is 4.68. The standard InChI is InChI=1S/C24H23N2O2S/c1-18-7-5-6-10-23(18)26(20-11-12-20)21-13-14-24-19(17-21)15-16-25(24)29(27,28)22-8-3-2-4-9-22/h2-10,13-14,17,20H,1,11-12,15-16H2. The van der Waals surface area contributed by atoms with Crippen molar-refractivity contribution in [3.63, 3.8) is 0 Å². The van der Waals surface area contributed by atoms with Crippen LogP contribution in [0, 0.1) is 6.92 Å². The molecule has 5 rings (SSSR count). The van der Waals surface area contributed by atoms with Gasteiger partial charge < -0.3 is 4.90 Å². The van der Waals surface area contributed by atoms with E-state index >= 15 is 0 Å². The van der Waals surface area contributed by atoms with Crippen LogP contribution in [0.4, 0.5) is 17.1 Å². The van der Waals surface area contributed by atoms with E-state index in [4.69, 9.17) is 0 Å². The Balaban J connectivity index is 1.52. The van der Waals surface area contributed by atoms with E-state index in [1.165, 1.54) is 17.1 Å². The van der Waals surface area contributed by atoms with Crippen molar-refractivity contribution in [1.82, 2.24) is 0 Å². The molecule has 5 heteroatoms. The molecule has 3 aromatic carbocycles. The van der Waals surface area contributed by atoms with Crippen LogP contribution in [0.3, 0.4) is 0 Å². The van der Waals surface area contributed by atoms with Crippen molar-refractivity contribution in [1.29, 1.82) is 0 Å². The van der Waals surface area contributed by atoms with Crippen molar-refractivity contribution in [2.45, 2.75) is 30.2 Å². The van der Waals surface area contributed by atoms with Crippen LogP contribution in [0.25, 0.3) is 0 Å². The lowest BCUT2D eigenvalue weighted by Gasteiger charge is -2.27. The number of benzene rings is 3. The number of nitrogens with zero attached hydrogens (tertiary/aromatic N) is 2. The smallest absolute Gasteiger partial charge is 0.264 e. The van der Waals surface area contributed by atoms with Crippen molar-refractivity contribution >= 4 is 27.1 Å². The average Bonchev–Trinajstić information content (AvgIpc) is 3.47. The summed E-state index contributed by atoms with van der Waals surface area (Å²) in [5.41, 5.74) is 5.11. The summed E-state index contributed by atoms with van der Waals surface area (Å²) >= 11 is 0. The molecule has 1 radical (unpaired) electrons. The van der Waals surface area contributed by atoms with Gasteiger partial charge in [0.15, 0.2) is 0 Å². The molecule has 0 saturated heterocycles. The summed E-state index contributed by atoms with van der Waals surface area (Å²) in [6.07, 6.45) is 3.06. The summed E-state index contributed by atoms with van der Waals surface area (Å²) in [6, 6.07) is 23.5. The molecular weight excluding hydrogens is 380 g/mol. The third-order valence-electron chi connectivity index (χ3n) is 5.69. The van der Waals surface area contributed by atoms with Gasteiger partial charge in [0, 0.05) is 24.0 Å². The fourth-order valence-corrected chi connectivity index (χ4v) is 5.63. The van der Waals surface area contributed by atoms with Crippen molar-refractivity contribution in [2.24, 2.45) is 0 Å². The fraction of sp³-hybridized carbons (Fsp3) is 0.208. The molecule has 0 aromatic heterocycles. The number of fused-ring (bicyclic) bond motifs is 1. The molecule has 1 saturated carbocycles. The lowest BCUT2D eigenvalue weighted by atomic mass is 10.1. The molecule has 0 N–H and O–H groups in total. The minimum Gasteiger partial charge on any atom is -0.338 e. The van der Waals surface area contributed by atoms with Crippen LogP contribution in [0.5, 0.6) is 0 Å². The predicted octanol–water partition coefficient (Wildman–Crippen LogP) is 4.92. The van der Waals surface area contributed by atoms with Gasteiger partial charge in [-0.15, -0.1) is 0 Å². The van der Waals surface area contributed by atoms with Gasteiger partial charge in [-0.25, -0.2) is 8.42 Å². The molecule has 29 heavy (non-hydrogen) atoms. The number of sulfonamides is 1. The number of rotatable bonds is 5. The quantitative estimate of drug-likeness (QED) is 0.607. The van der Waals surface area contributed by atoms with Crippen molar-refractivity contribution < 1.29 is 8.42 Å². The monoisotopic (exact) mass is 403 g/mol. The summed E-state index contributed by atoms with van der Waals surface area (Å²) in [5.74, 6) is 0. The highest BCUT2D eigenvalue weighted by Gasteiger charge is 2.34. The van der Waals surface area contributed by atoms with E-state index < -0.39 is 10.0 Å². The highest BCUT2D eigenvalue weighted by molar-refractivity contribution is 7.92. The summed E-state index contributed by atoms with van der Waals surface area (Å²) in [4.78, 5) is 2.69. The first kappa shape index (κ1) is 18.3.